The lowest BCUT2D eigenvalue weighted by molar-refractivity contribution is -0.137. The van der Waals surface area contributed by atoms with E-state index in [0.717, 1.165) is 12.1 Å². The third kappa shape index (κ3) is 4.96. The van der Waals surface area contributed by atoms with Crippen LogP contribution in [0, 0.1) is 5.41 Å². The lowest BCUT2D eigenvalue weighted by Crippen LogP contribution is -2.13. The maximum Gasteiger partial charge on any atom is 0.416 e. The Balaban J connectivity index is -0.000000563. The Labute approximate surface area is 95.8 Å². The van der Waals surface area contributed by atoms with Crippen LogP contribution in [0.2, 0.25) is 0 Å². The van der Waals surface area contributed by atoms with Gasteiger partial charge in [-0.2, -0.15) is 13.2 Å². The van der Waals surface area contributed by atoms with Gasteiger partial charge in [0.05, 0.1) is 5.56 Å². The van der Waals surface area contributed by atoms with Gasteiger partial charge < -0.3 is 16.7 Å². The molecule has 0 unspecified atom stereocenters. The molecule has 0 saturated heterocycles. The van der Waals surface area contributed by atoms with E-state index in [9.17, 15) is 13.2 Å². The van der Waals surface area contributed by atoms with E-state index in [4.69, 9.17) is 11.1 Å². The molecule has 0 atom stereocenters. The average Bonchev–Trinajstić information content (AvgIpc) is 2.03. The quantitative estimate of drug-likeness (QED) is 0.563. The Morgan fingerprint density at radius 2 is 1.69 bits per heavy atom. The van der Waals surface area contributed by atoms with Crippen LogP contribution in [0.15, 0.2) is 24.3 Å². The lowest BCUT2D eigenvalue weighted by Gasteiger charge is -2.07. The van der Waals surface area contributed by atoms with Gasteiger partial charge in [0.15, 0.2) is 0 Å². The van der Waals surface area contributed by atoms with Crippen molar-refractivity contribution in [1.82, 2.24) is 0 Å². The summed E-state index contributed by atoms with van der Waals surface area (Å²) >= 11 is 0. The third-order valence-corrected chi connectivity index (χ3v) is 1.50. The molecule has 4 nitrogen and oxygen atoms in total. The molecule has 0 heterocycles. The summed E-state index contributed by atoms with van der Waals surface area (Å²) in [4.78, 5) is 0. The minimum absolute atomic E-state index is 0. The highest BCUT2D eigenvalue weighted by molar-refractivity contribution is 5.95. The van der Waals surface area contributed by atoms with Crippen molar-refractivity contribution in [2.45, 2.75) is 6.18 Å². The van der Waals surface area contributed by atoms with Crippen molar-refractivity contribution in [3.05, 3.63) is 35.4 Å². The van der Waals surface area contributed by atoms with Gasteiger partial charge in [-0.3, -0.25) is 5.41 Å². The molecule has 0 bridgehead atoms. The molecule has 16 heavy (non-hydrogen) atoms. The molecular weight excluding hydrogens is 249 g/mol. The van der Waals surface area contributed by atoms with Gasteiger partial charge in [0.1, 0.15) is 5.84 Å². The van der Waals surface area contributed by atoms with E-state index in [-0.39, 0.29) is 34.8 Å². The van der Waals surface area contributed by atoms with Crippen LogP contribution in [0.1, 0.15) is 11.1 Å². The number of rotatable bonds is 1. The van der Waals surface area contributed by atoms with Crippen molar-refractivity contribution in [1.29, 1.82) is 5.41 Å². The smallest absolute Gasteiger partial charge is 0.412 e. The molecule has 0 radical (unpaired) electrons. The van der Waals surface area contributed by atoms with Crippen LogP contribution in [0.25, 0.3) is 0 Å². The highest BCUT2D eigenvalue weighted by atomic mass is 35.5. The molecule has 0 saturated carbocycles. The first kappa shape index (κ1) is 20.1. The topological polar surface area (TPSA) is 113 Å². The minimum atomic E-state index is -4.38. The van der Waals surface area contributed by atoms with Crippen molar-refractivity contribution in [2.24, 2.45) is 5.73 Å². The maximum absolute atomic E-state index is 12.1. The van der Waals surface area contributed by atoms with Crippen molar-refractivity contribution >= 4 is 18.2 Å². The zero-order valence-electron chi connectivity index (χ0n) is 7.93. The number of nitrogen functional groups attached to an aromatic ring is 1. The van der Waals surface area contributed by atoms with Gasteiger partial charge in [0.2, 0.25) is 0 Å². The molecule has 7 N–H and O–H groups in total. The van der Waals surface area contributed by atoms with Gasteiger partial charge in [-0.25, -0.2) is 0 Å². The van der Waals surface area contributed by atoms with Gasteiger partial charge in [0.25, 0.3) is 0 Å². The Hall–Kier alpha value is -1.31. The van der Waals surface area contributed by atoms with Crippen LogP contribution in [0.3, 0.4) is 0 Å². The molecule has 0 aliphatic rings. The van der Waals surface area contributed by atoms with Crippen molar-refractivity contribution < 1.29 is 24.1 Å². The summed E-state index contributed by atoms with van der Waals surface area (Å²) in [6.45, 7) is 0. The summed E-state index contributed by atoms with van der Waals surface area (Å²) in [5, 5.41) is 6.95. The summed E-state index contributed by atoms with van der Waals surface area (Å²) in [6, 6.07) is 4.37. The molecule has 0 amide bonds. The molecule has 0 aliphatic heterocycles. The lowest BCUT2D eigenvalue weighted by atomic mass is 10.1. The maximum atomic E-state index is 12.1. The van der Waals surface area contributed by atoms with E-state index in [0.29, 0.717) is 0 Å². The fourth-order valence-corrected chi connectivity index (χ4v) is 0.863. The molecular formula is C8H12ClF3N2O2. The molecule has 1 rings (SSSR count). The van der Waals surface area contributed by atoms with Crippen molar-refractivity contribution in [2.75, 3.05) is 0 Å². The van der Waals surface area contributed by atoms with Gasteiger partial charge in [0, 0.05) is 5.56 Å². The minimum Gasteiger partial charge on any atom is -0.412 e. The van der Waals surface area contributed by atoms with Gasteiger partial charge >= 0.3 is 6.18 Å². The van der Waals surface area contributed by atoms with Crippen molar-refractivity contribution in [3.63, 3.8) is 0 Å². The number of nitrogens with two attached hydrogens (primary N) is 1. The van der Waals surface area contributed by atoms with E-state index >= 15 is 0 Å². The summed E-state index contributed by atoms with van der Waals surface area (Å²) in [5.74, 6) is -0.369. The Bertz CT molecular complexity index is 344. The van der Waals surface area contributed by atoms with Crippen LogP contribution in [-0.2, 0) is 6.18 Å². The summed E-state index contributed by atoms with van der Waals surface area (Å²) < 4.78 is 36.4. The Morgan fingerprint density at radius 1 is 1.19 bits per heavy atom. The number of alkyl halides is 3. The third-order valence-electron chi connectivity index (χ3n) is 1.50. The van der Waals surface area contributed by atoms with Crippen LogP contribution < -0.4 is 5.73 Å². The van der Waals surface area contributed by atoms with Crippen molar-refractivity contribution in [3.8, 4) is 0 Å². The van der Waals surface area contributed by atoms with E-state index in [2.05, 4.69) is 0 Å². The number of benzene rings is 1. The van der Waals surface area contributed by atoms with Gasteiger partial charge in [-0.15, -0.1) is 12.4 Å². The van der Waals surface area contributed by atoms with Crippen LogP contribution in [0.4, 0.5) is 13.2 Å². The zero-order chi connectivity index (χ0) is 10.1. The summed E-state index contributed by atoms with van der Waals surface area (Å²) in [7, 11) is 0. The number of nitrogens with one attached hydrogen (secondary N) is 1. The standard InChI is InChI=1S/C8H7F3N2.ClH.2H2O/c9-8(10,11)6-3-1-2-5(4-6)7(12)13;;;/h1-4H,(H3,12,13);1H;2*1H2. The highest BCUT2D eigenvalue weighted by Crippen LogP contribution is 2.29. The molecule has 1 aromatic carbocycles. The first-order valence-electron chi connectivity index (χ1n) is 3.43. The zero-order valence-corrected chi connectivity index (χ0v) is 8.75. The second kappa shape index (κ2) is 7.04. The first-order chi connectivity index (χ1) is 5.91. The first-order valence-corrected chi connectivity index (χ1v) is 3.43. The van der Waals surface area contributed by atoms with E-state index in [1.165, 1.54) is 12.1 Å². The SMILES string of the molecule is Cl.N=C(N)c1cccc(C(F)(F)F)c1.O.O. The predicted octanol–water partition coefficient (Wildman–Crippen LogP) is 0.762. The monoisotopic (exact) mass is 260 g/mol. The van der Waals surface area contributed by atoms with E-state index in [1.54, 1.807) is 0 Å². The average molecular weight is 261 g/mol. The largest absolute Gasteiger partial charge is 0.416 e. The van der Waals surface area contributed by atoms with E-state index < -0.39 is 11.7 Å². The van der Waals surface area contributed by atoms with Crippen LogP contribution in [0.5, 0.6) is 0 Å². The second-order valence-corrected chi connectivity index (χ2v) is 2.49. The molecule has 0 spiro atoms. The second-order valence-electron chi connectivity index (χ2n) is 2.49. The molecule has 0 aromatic heterocycles. The molecule has 0 fully saturated rings. The van der Waals surface area contributed by atoms with Crippen LogP contribution >= 0.6 is 12.4 Å². The highest BCUT2D eigenvalue weighted by Gasteiger charge is 2.30. The molecule has 8 heteroatoms. The van der Waals surface area contributed by atoms with Gasteiger partial charge in [-0.1, -0.05) is 12.1 Å². The Kier molecular flexibility index (Phi) is 8.87. The number of halogens is 4. The molecule has 1 aromatic rings. The molecule has 0 aliphatic carbocycles. The normalized spacial score (nSPS) is 9.19. The van der Waals surface area contributed by atoms with E-state index in [1.807, 2.05) is 0 Å². The Morgan fingerprint density at radius 3 is 2.06 bits per heavy atom. The fraction of sp³-hybridized carbons (Fsp3) is 0.125. The van der Waals surface area contributed by atoms with Gasteiger partial charge in [-0.05, 0) is 12.1 Å². The molecule has 94 valence electrons. The summed E-state index contributed by atoms with van der Waals surface area (Å²) in [6.07, 6.45) is -4.38. The summed E-state index contributed by atoms with van der Waals surface area (Å²) in [5.41, 5.74) is 4.33. The number of hydrogen-bond donors (Lipinski definition) is 2. The van der Waals surface area contributed by atoms with Crippen LogP contribution in [-0.4, -0.2) is 16.8 Å². The number of amidine groups is 1. The number of hydrogen-bond acceptors (Lipinski definition) is 1. The fourth-order valence-electron chi connectivity index (χ4n) is 0.863. The predicted molar refractivity (Wildman–Crippen MR) is 56.9 cm³/mol.